The molecule has 2 N–H and O–H groups in total. The molecule has 0 bridgehead atoms. The molecular weight excluding hydrogens is 230 g/mol. The molecule has 1 amide bonds. The van der Waals surface area contributed by atoms with Crippen LogP contribution in [0.4, 0.5) is 0 Å². The maximum atomic E-state index is 11.8. The van der Waals surface area contributed by atoms with Crippen LogP contribution in [0.15, 0.2) is 6.20 Å². The molecule has 0 saturated heterocycles. The number of H-pyrrole nitrogens is 1. The minimum Gasteiger partial charge on any atom is -0.349 e. The number of hydrogen-bond acceptors (Lipinski definition) is 4. The summed E-state index contributed by atoms with van der Waals surface area (Å²) in [6, 6.07) is 0.343. The number of hydrogen-bond donors (Lipinski definition) is 2. The highest BCUT2D eigenvalue weighted by Gasteiger charge is 2.21. The normalized spacial score (nSPS) is 13.0. The maximum Gasteiger partial charge on any atom is 0.273 e. The van der Waals surface area contributed by atoms with E-state index < -0.39 is 0 Å². The van der Waals surface area contributed by atoms with Gasteiger partial charge in [0.1, 0.15) is 0 Å². The zero-order valence-electron chi connectivity index (χ0n) is 11.6. The average Bonchev–Trinajstić information content (AvgIpc) is 2.87. The van der Waals surface area contributed by atoms with Gasteiger partial charge in [-0.15, -0.1) is 0 Å². The van der Waals surface area contributed by atoms with Crippen molar-refractivity contribution in [3.05, 3.63) is 11.9 Å². The van der Waals surface area contributed by atoms with Crippen molar-refractivity contribution < 1.29 is 4.79 Å². The van der Waals surface area contributed by atoms with E-state index in [1.165, 1.54) is 6.20 Å². The van der Waals surface area contributed by atoms with Gasteiger partial charge in [-0.1, -0.05) is 26.7 Å². The number of aromatic amines is 1. The summed E-state index contributed by atoms with van der Waals surface area (Å²) in [7, 11) is 4.09. The van der Waals surface area contributed by atoms with Gasteiger partial charge in [-0.05, 0) is 20.0 Å². The molecule has 1 heterocycles. The first-order chi connectivity index (χ1) is 8.60. The first kappa shape index (κ1) is 14.6. The molecule has 18 heavy (non-hydrogen) atoms. The maximum absolute atomic E-state index is 11.8. The van der Waals surface area contributed by atoms with E-state index in [1.807, 2.05) is 14.1 Å². The van der Waals surface area contributed by atoms with E-state index in [1.54, 1.807) is 0 Å². The third kappa shape index (κ3) is 3.80. The second kappa shape index (κ2) is 7.10. The van der Waals surface area contributed by atoms with Crippen molar-refractivity contribution in [1.29, 1.82) is 0 Å². The summed E-state index contributed by atoms with van der Waals surface area (Å²) in [6.45, 7) is 5.00. The molecule has 0 radical (unpaired) electrons. The standard InChI is InChI=1S/C12H23N5O/c1-5-9(6-2)11(17(3)4)8-13-12(18)10-7-14-16-15-10/h7,9,11H,5-6,8H2,1-4H3,(H,13,18)(H,14,15,16). The largest absolute Gasteiger partial charge is 0.349 e. The fraction of sp³-hybridized carbons (Fsp3) is 0.750. The minimum absolute atomic E-state index is 0.179. The Morgan fingerprint density at radius 3 is 2.56 bits per heavy atom. The Labute approximate surface area is 108 Å². The lowest BCUT2D eigenvalue weighted by Gasteiger charge is -2.31. The van der Waals surface area contributed by atoms with Crippen LogP contribution in [0.2, 0.25) is 0 Å². The number of carbonyl (C=O) groups excluding carboxylic acids is 1. The predicted octanol–water partition coefficient (Wildman–Crippen LogP) is 0.901. The lowest BCUT2D eigenvalue weighted by molar-refractivity contribution is 0.0924. The monoisotopic (exact) mass is 253 g/mol. The van der Waals surface area contributed by atoms with Crippen molar-refractivity contribution >= 4 is 5.91 Å². The molecule has 0 saturated carbocycles. The lowest BCUT2D eigenvalue weighted by atomic mass is 9.93. The van der Waals surface area contributed by atoms with Crippen LogP contribution in [0.5, 0.6) is 0 Å². The number of amides is 1. The SMILES string of the molecule is CCC(CC)C(CNC(=O)c1cn[nH]n1)N(C)C. The number of carbonyl (C=O) groups is 1. The molecule has 0 aromatic carbocycles. The summed E-state index contributed by atoms with van der Waals surface area (Å²) in [5, 5.41) is 12.7. The molecule has 1 rings (SSSR count). The second-order valence-corrected chi connectivity index (χ2v) is 4.67. The Kier molecular flexibility index (Phi) is 5.77. The summed E-state index contributed by atoms with van der Waals surface area (Å²) < 4.78 is 0. The van der Waals surface area contributed by atoms with Crippen molar-refractivity contribution in [2.24, 2.45) is 5.92 Å². The summed E-state index contributed by atoms with van der Waals surface area (Å²) in [5.74, 6) is 0.402. The Morgan fingerprint density at radius 1 is 1.44 bits per heavy atom. The van der Waals surface area contributed by atoms with E-state index in [2.05, 4.69) is 39.5 Å². The van der Waals surface area contributed by atoms with Gasteiger partial charge < -0.3 is 10.2 Å². The van der Waals surface area contributed by atoms with Gasteiger partial charge in [-0.25, -0.2) is 0 Å². The first-order valence-corrected chi connectivity index (χ1v) is 6.40. The third-order valence-electron chi connectivity index (χ3n) is 3.38. The van der Waals surface area contributed by atoms with E-state index in [-0.39, 0.29) is 5.91 Å². The van der Waals surface area contributed by atoms with Gasteiger partial charge in [0.2, 0.25) is 0 Å². The summed E-state index contributed by atoms with van der Waals surface area (Å²) in [5.41, 5.74) is 0.331. The van der Waals surface area contributed by atoms with Gasteiger partial charge in [0.25, 0.3) is 5.91 Å². The van der Waals surface area contributed by atoms with Gasteiger partial charge in [0.05, 0.1) is 6.20 Å². The zero-order chi connectivity index (χ0) is 13.5. The first-order valence-electron chi connectivity index (χ1n) is 6.40. The van der Waals surface area contributed by atoms with E-state index in [9.17, 15) is 4.79 Å². The highest BCUT2D eigenvalue weighted by atomic mass is 16.2. The van der Waals surface area contributed by atoms with Crippen LogP contribution in [0, 0.1) is 5.92 Å². The van der Waals surface area contributed by atoms with E-state index in [0.29, 0.717) is 24.2 Å². The fourth-order valence-electron chi connectivity index (χ4n) is 2.20. The van der Waals surface area contributed by atoms with Crippen LogP contribution in [-0.4, -0.2) is 52.9 Å². The smallest absolute Gasteiger partial charge is 0.273 e. The van der Waals surface area contributed by atoms with Crippen LogP contribution in [0.1, 0.15) is 37.2 Å². The molecule has 0 aliphatic rings. The fourth-order valence-corrected chi connectivity index (χ4v) is 2.20. The van der Waals surface area contributed by atoms with Gasteiger partial charge in [0.15, 0.2) is 5.69 Å². The topological polar surface area (TPSA) is 73.9 Å². The molecule has 1 aromatic heterocycles. The van der Waals surface area contributed by atoms with Gasteiger partial charge in [0, 0.05) is 12.6 Å². The van der Waals surface area contributed by atoms with Crippen molar-refractivity contribution in [3.8, 4) is 0 Å². The van der Waals surface area contributed by atoms with Crippen LogP contribution in [-0.2, 0) is 0 Å². The van der Waals surface area contributed by atoms with Crippen LogP contribution in [0.25, 0.3) is 0 Å². The Balaban J connectivity index is 2.55. The molecule has 0 aliphatic carbocycles. The molecule has 0 aliphatic heterocycles. The summed E-state index contributed by atoms with van der Waals surface area (Å²) in [4.78, 5) is 13.9. The van der Waals surface area contributed by atoms with Crippen molar-refractivity contribution in [3.63, 3.8) is 0 Å². The molecule has 1 atom stereocenters. The van der Waals surface area contributed by atoms with E-state index in [4.69, 9.17) is 0 Å². The Hall–Kier alpha value is -1.43. The Bertz CT molecular complexity index is 345. The van der Waals surface area contributed by atoms with Crippen LogP contribution in [0.3, 0.4) is 0 Å². The molecule has 1 aromatic rings. The van der Waals surface area contributed by atoms with Crippen LogP contribution < -0.4 is 5.32 Å². The predicted molar refractivity (Wildman–Crippen MR) is 70.3 cm³/mol. The molecule has 0 spiro atoms. The highest BCUT2D eigenvalue weighted by molar-refractivity contribution is 5.91. The second-order valence-electron chi connectivity index (χ2n) is 4.67. The van der Waals surface area contributed by atoms with Crippen molar-refractivity contribution in [1.82, 2.24) is 25.6 Å². The molecule has 102 valence electrons. The average molecular weight is 253 g/mol. The van der Waals surface area contributed by atoms with Crippen LogP contribution >= 0.6 is 0 Å². The summed E-state index contributed by atoms with van der Waals surface area (Å²) >= 11 is 0. The quantitative estimate of drug-likeness (QED) is 0.757. The van der Waals surface area contributed by atoms with Gasteiger partial charge in [-0.2, -0.15) is 15.4 Å². The molecular formula is C12H23N5O. The van der Waals surface area contributed by atoms with Gasteiger partial charge in [-0.3, -0.25) is 4.79 Å². The van der Waals surface area contributed by atoms with E-state index in [0.717, 1.165) is 12.8 Å². The van der Waals surface area contributed by atoms with Gasteiger partial charge >= 0.3 is 0 Å². The lowest BCUT2D eigenvalue weighted by Crippen LogP contribution is -2.44. The number of nitrogens with one attached hydrogen (secondary N) is 2. The Morgan fingerprint density at radius 2 is 2.11 bits per heavy atom. The minimum atomic E-state index is -0.179. The number of nitrogens with zero attached hydrogens (tertiary/aromatic N) is 3. The van der Waals surface area contributed by atoms with E-state index >= 15 is 0 Å². The van der Waals surface area contributed by atoms with Crippen molar-refractivity contribution in [2.45, 2.75) is 32.7 Å². The van der Waals surface area contributed by atoms with Crippen molar-refractivity contribution in [2.75, 3.05) is 20.6 Å². The third-order valence-corrected chi connectivity index (χ3v) is 3.38. The number of likely N-dealkylation sites (N-methyl/N-ethyl adjacent to an activating group) is 1. The molecule has 1 unspecified atom stereocenters. The summed E-state index contributed by atoms with van der Waals surface area (Å²) in [6.07, 6.45) is 3.65. The molecule has 6 heteroatoms. The number of aromatic nitrogens is 3. The molecule has 6 nitrogen and oxygen atoms in total. The highest BCUT2D eigenvalue weighted by Crippen LogP contribution is 2.16. The number of rotatable bonds is 7. The zero-order valence-corrected chi connectivity index (χ0v) is 11.6. The molecule has 0 fully saturated rings.